The lowest BCUT2D eigenvalue weighted by molar-refractivity contribution is -0.145. The number of amides is 2. The molecule has 3 aliphatic rings. The van der Waals surface area contributed by atoms with Gasteiger partial charge in [0.25, 0.3) is 0 Å². The summed E-state index contributed by atoms with van der Waals surface area (Å²) in [5.41, 5.74) is 0.255. The Morgan fingerprint density at radius 3 is 2.32 bits per heavy atom. The van der Waals surface area contributed by atoms with E-state index in [0.717, 1.165) is 5.56 Å². The summed E-state index contributed by atoms with van der Waals surface area (Å²) in [7, 11) is 0. The van der Waals surface area contributed by atoms with Crippen LogP contribution in [0.25, 0.3) is 0 Å². The normalized spacial score (nSPS) is 24.0. The molecule has 0 aliphatic carbocycles. The number of hydrogen-bond acceptors (Lipinski definition) is 3. The lowest BCUT2D eigenvalue weighted by Crippen LogP contribution is -2.56. The van der Waals surface area contributed by atoms with Crippen LogP contribution < -0.4 is 5.32 Å². The average Bonchev–Trinajstić information content (AvgIpc) is 2.86. The molecule has 0 aromatic heterocycles. The second-order valence-electron chi connectivity index (χ2n) is 9.91. The second kappa shape index (κ2) is 9.10. The van der Waals surface area contributed by atoms with Crippen LogP contribution in [0.4, 0.5) is 8.78 Å². The van der Waals surface area contributed by atoms with Crippen LogP contribution in [0, 0.1) is 17.0 Å². The molecule has 3 heterocycles. The van der Waals surface area contributed by atoms with Gasteiger partial charge in [-0.25, -0.2) is 8.78 Å². The second-order valence-corrected chi connectivity index (χ2v) is 9.91. The van der Waals surface area contributed by atoms with Crippen LogP contribution in [0.5, 0.6) is 0 Å². The predicted octanol–water partition coefficient (Wildman–Crippen LogP) is 3.93. The van der Waals surface area contributed by atoms with E-state index in [2.05, 4.69) is 5.32 Å². The number of halogens is 2. The number of ether oxygens (including phenoxy) is 1. The molecule has 2 amide bonds. The molecule has 2 aromatic rings. The lowest BCUT2D eigenvalue weighted by Gasteiger charge is -2.50. The van der Waals surface area contributed by atoms with Crippen molar-refractivity contribution in [3.8, 4) is 0 Å². The molecule has 3 saturated heterocycles. The van der Waals surface area contributed by atoms with Crippen molar-refractivity contribution in [1.29, 1.82) is 0 Å². The van der Waals surface area contributed by atoms with Gasteiger partial charge >= 0.3 is 0 Å². The quantitative estimate of drug-likeness (QED) is 0.743. The molecule has 0 bridgehead atoms. The van der Waals surface area contributed by atoms with E-state index in [0.29, 0.717) is 70.5 Å². The fourth-order valence-corrected chi connectivity index (χ4v) is 6.25. The fourth-order valence-electron chi connectivity index (χ4n) is 6.25. The molecule has 3 fully saturated rings. The minimum Gasteiger partial charge on any atom is -0.381 e. The van der Waals surface area contributed by atoms with E-state index in [9.17, 15) is 18.4 Å². The zero-order valence-corrected chi connectivity index (χ0v) is 19.2. The molecule has 180 valence electrons. The van der Waals surface area contributed by atoms with Crippen LogP contribution in [0.2, 0.25) is 0 Å². The highest BCUT2D eigenvalue weighted by Gasteiger charge is 2.50. The third kappa shape index (κ3) is 4.00. The maximum atomic E-state index is 14.9. The van der Waals surface area contributed by atoms with Crippen molar-refractivity contribution in [3.05, 3.63) is 71.3 Å². The summed E-state index contributed by atoms with van der Waals surface area (Å²) in [6.07, 6.45) is 2.66. The minimum atomic E-state index is -0.922. The first-order valence-electron chi connectivity index (χ1n) is 12.1. The Hall–Kier alpha value is -2.80. The Bertz CT molecular complexity index is 1060. The summed E-state index contributed by atoms with van der Waals surface area (Å²) < 4.78 is 33.9. The smallest absolute Gasteiger partial charge is 0.233 e. The first-order chi connectivity index (χ1) is 16.4. The SMILES string of the molecule is O=C1CC2(CCN(C(=O)C3(c4ccccc4F)CCOCC3)CC2)[C@H](c2ccc(F)cc2)CN1. The molecular formula is C27H30F2N2O3. The highest BCUT2D eigenvalue weighted by atomic mass is 19.1. The zero-order chi connectivity index (χ0) is 23.8. The molecular weight excluding hydrogens is 438 g/mol. The van der Waals surface area contributed by atoms with Gasteiger partial charge in [0.1, 0.15) is 11.6 Å². The molecule has 1 spiro atoms. The molecule has 2 aromatic carbocycles. The van der Waals surface area contributed by atoms with E-state index in [1.807, 2.05) is 4.90 Å². The van der Waals surface area contributed by atoms with E-state index in [4.69, 9.17) is 4.74 Å². The van der Waals surface area contributed by atoms with Crippen LogP contribution in [0.15, 0.2) is 48.5 Å². The van der Waals surface area contributed by atoms with Crippen LogP contribution in [-0.4, -0.2) is 49.6 Å². The Labute approximate surface area is 198 Å². The minimum absolute atomic E-state index is 0.0189. The number of carbonyl (C=O) groups excluding carboxylic acids is 2. The van der Waals surface area contributed by atoms with Crippen molar-refractivity contribution in [2.75, 3.05) is 32.8 Å². The summed E-state index contributed by atoms with van der Waals surface area (Å²) in [6, 6.07) is 13.1. The fraction of sp³-hybridized carbons (Fsp3) is 0.481. The van der Waals surface area contributed by atoms with Gasteiger partial charge in [-0.2, -0.15) is 0 Å². The van der Waals surface area contributed by atoms with Crippen molar-refractivity contribution in [2.45, 2.75) is 43.4 Å². The summed E-state index contributed by atoms with van der Waals surface area (Å²) in [6.45, 7) is 2.38. The summed E-state index contributed by atoms with van der Waals surface area (Å²) >= 11 is 0. The third-order valence-corrected chi connectivity index (χ3v) is 8.22. The summed E-state index contributed by atoms with van der Waals surface area (Å²) in [4.78, 5) is 28.2. The van der Waals surface area contributed by atoms with E-state index in [1.165, 1.54) is 18.2 Å². The third-order valence-electron chi connectivity index (χ3n) is 8.22. The first kappa shape index (κ1) is 23.0. The largest absolute Gasteiger partial charge is 0.381 e. The maximum Gasteiger partial charge on any atom is 0.233 e. The molecule has 34 heavy (non-hydrogen) atoms. The number of rotatable bonds is 3. The Morgan fingerprint density at radius 2 is 1.65 bits per heavy atom. The standard InChI is InChI=1S/C27H30F2N2O3/c28-20-7-5-19(6-8-20)22-18-30-24(32)17-26(22)9-13-31(14-10-26)25(33)27(11-15-34-16-12-27)21-3-1-2-4-23(21)29/h1-8,22H,9-18H2,(H,30,32)/t22-/m0/s1. The number of hydrogen-bond donors (Lipinski definition) is 1. The Balaban J connectivity index is 1.39. The van der Waals surface area contributed by atoms with E-state index >= 15 is 0 Å². The van der Waals surface area contributed by atoms with Crippen LogP contribution >= 0.6 is 0 Å². The van der Waals surface area contributed by atoms with Crippen molar-refractivity contribution in [2.24, 2.45) is 5.41 Å². The molecule has 7 heteroatoms. The Morgan fingerprint density at radius 1 is 0.971 bits per heavy atom. The van der Waals surface area contributed by atoms with E-state index in [1.54, 1.807) is 30.3 Å². The van der Waals surface area contributed by atoms with Crippen molar-refractivity contribution >= 4 is 11.8 Å². The molecule has 1 N–H and O–H groups in total. The zero-order valence-electron chi connectivity index (χ0n) is 19.2. The number of benzene rings is 2. The molecule has 5 nitrogen and oxygen atoms in total. The maximum absolute atomic E-state index is 14.9. The molecule has 5 rings (SSSR count). The Kier molecular flexibility index (Phi) is 6.15. The summed E-state index contributed by atoms with van der Waals surface area (Å²) in [5, 5.41) is 2.97. The summed E-state index contributed by atoms with van der Waals surface area (Å²) in [5.74, 6) is -0.606. The molecule has 1 atom stereocenters. The van der Waals surface area contributed by atoms with E-state index in [-0.39, 0.29) is 34.8 Å². The van der Waals surface area contributed by atoms with E-state index < -0.39 is 5.41 Å². The van der Waals surface area contributed by atoms with Gasteiger partial charge in [0, 0.05) is 50.8 Å². The molecule has 0 unspecified atom stereocenters. The predicted molar refractivity (Wildman–Crippen MR) is 123 cm³/mol. The topological polar surface area (TPSA) is 58.6 Å². The van der Waals surface area contributed by atoms with Gasteiger partial charge < -0.3 is 15.0 Å². The molecule has 0 radical (unpaired) electrons. The van der Waals surface area contributed by atoms with Crippen LogP contribution in [0.3, 0.4) is 0 Å². The van der Waals surface area contributed by atoms with Gasteiger partial charge in [0.2, 0.25) is 11.8 Å². The first-order valence-corrected chi connectivity index (χ1v) is 12.1. The highest BCUT2D eigenvalue weighted by Crippen LogP contribution is 2.49. The van der Waals surface area contributed by atoms with Crippen molar-refractivity contribution in [3.63, 3.8) is 0 Å². The average molecular weight is 469 g/mol. The number of nitrogens with one attached hydrogen (secondary N) is 1. The van der Waals surface area contributed by atoms with Crippen LogP contribution in [0.1, 0.15) is 49.1 Å². The van der Waals surface area contributed by atoms with Crippen molar-refractivity contribution in [1.82, 2.24) is 10.2 Å². The van der Waals surface area contributed by atoms with Gasteiger partial charge in [-0.05, 0) is 54.9 Å². The van der Waals surface area contributed by atoms with Gasteiger partial charge in [0.15, 0.2) is 0 Å². The van der Waals surface area contributed by atoms with Crippen LogP contribution in [-0.2, 0) is 19.7 Å². The van der Waals surface area contributed by atoms with Gasteiger partial charge in [-0.1, -0.05) is 30.3 Å². The molecule has 3 aliphatic heterocycles. The van der Waals surface area contributed by atoms with Crippen molar-refractivity contribution < 1.29 is 23.1 Å². The number of carbonyl (C=O) groups is 2. The highest BCUT2D eigenvalue weighted by molar-refractivity contribution is 5.88. The lowest BCUT2D eigenvalue weighted by atomic mass is 9.62. The van der Waals surface area contributed by atoms with Gasteiger partial charge in [0.05, 0.1) is 5.41 Å². The number of nitrogens with zero attached hydrogens (tertiary/aromatic N) is 1. The monoisotopic (exact) mass is 468 g/mol. The number of likely N-dealkylation sites (tertiary alicyclic amines) is 1. The molecule has 0 saturated carbocycles. The van der Waals surface area contributed by atoms with Gasteiger partial charge in [-0.3, -0.25) is 9.59 Å². The number of piperidine rings is 2. The van der Waals surface area contributed by atoms with Gasteiger partial charge in [-0.15, -0.1) is 0 Å².